The monoisotopic (exact) mass is 222 g/mol. The molecule has 15 heavy (non-hydrogen) atoms. The summed E-state index contributed by atoms with van der Waals surface area (Å²) < 4.78 is 5.55. The molecule has 0 fully saturated rings. The molecule has 0 aliphatic carbocycles. The van der Waals surface area contributed by atoms with Crippen LogP contribution in [-0.4, -0.2) is 22.8 Å². The summed E-state index contributed by atoms with van der Waals surface area (Å²) in [5, 5.41) is 0.942. The topological polar surface area (TPSA) is 37.9 Å². The minimum atomic E-state index is 0.759. The highest BCUT2D eigenvalue weighted by Crippen LogP contribution is 2.22. The summed E-state index contributed by atoms with van der Waals surface area (Å²) in [5.74, 6) is 0.903. The van der Waals surface area contributed by atoms with Crippen LogP contribution in [0.15, 0.2) is 23.4 Å². The van der Waals surface area contributed by atoms with Crippen LogP contribution in [0.1, 0.15) is 13.3 Å². The van der Waals surface area contributed by atoms with Crippen molar-refractivity contribution in [2.75, 3.05) is 12.9 Å². The van der Waals surface area contributed by atoms with Crippen molar-refractivity contribution in [1.29, 1.82) is 0 Å². The largest absolute Gasteiger partial charge is 0.494 e. The van der Waals surface area contributed by atoms with Gasteiger partial charge in [0.05, 0.1) is 17.6 Å². The van der Waals surface area contributed by atoms with Crippen molar-refractivity contribution in [3.8, 4) is 5.75 Å². The lowest BCUT2D eigenvalue weighted by molar-refractivity contribution is 0.318. The van der Waals surface area contributed by atoms with E-state index in [1.807, 2.05) is 24.5 Å². The van der Waals surface area contributed by atoms with Gasteiger partial charge in [0.2, 0.25) is 0 Å². The molecule has 3 nitrogen and oxygen atoms in total. The van der Waals surface area contributed by atoms with Gasteiger partial charge in [-0.25, -0.2) is 4.98 Å². The number of nitrogens with one attached hydrogen (secondary N) is 1. The van der Waals surface area contributed by atoms with E-state index >= 15 is 0 Å². The van der Waals surface area contributed by atoms with Crippen LogP contribution in [0.25, 0.3) is 11.0 Å². The van der Waals surface area contributed by atoms with E-state index in [0.29, 0.717) is 0 Å². The minimum Gasteiger partial charge on any atom is -0.494 e. The first-order valence-electron chi connectivity index (χ1n) is 5.00. The van der Waals surface area contributed by atoms with Gasteiger partial charge in [-0.1, -0.05) is 18.7 Å². The molecular formula is C11H14N2OS. The van der Waals surface area contributed by atoms with Gasteiger partial charge in [-0.3, -0.25) is 0 Å². The predicted octanol–water partition coefficient (Wildman–Crippen LogP) is 3.07. The number of ether oxygens (including phenoxy) is 1. The van der Waals surface area contributed by atoms with Crippen LogP contribution in [0.5, 0.6) is 5.75 Å². The lowest BCUT2D eigenvalue weighted by Gasteiger charge is -2.02. The summed E-state index contributed by atoms with van der Waals surface area (Å²) >= 11 is 1.61. The second kappa shape index (κ2) is 4.57. The van der Waals surface area contributed by atoms with Crippen LogP contribution >= 0.6 is 11.8 Å². The number of benzene rings is 1. The van der Waals surface area contributed by atoms with Gasteiger partial charge in [-0.15, -0.1) is 0 Å². The first-order valence-corrected chi connectivity index (χ1v) is 6.22. The van der Waals surface area contributed by atoms with Gasteiger partial charge in [0.15, 0.2) is 5.16 Å². The molecule has 0 saturated heterocycles. The third kappa shape index (κ3) is 2.26. The molecule has 80 valence electrons. The summed E-state index contributed by atoms with van der Waals surface area (Å²) in [6.07, 6.45) is 3.03. The Balaban J connectivity index is 2.29. The Morgan fingerprint density at radius 2 is 2.33 bits per heavy atom. The molecule has 1 aromatic heterocycles. The fourth-order valence-electron chi connectivity index (χ4n) is 1.37. The minimum absolute atomic E-state index is 0.759. The van der Waals surface area contributed by atoms with Crippen LogP contribution in [0.2, 0.25) is 0 Å². The molecule has 1 N–H and O–H groups in total. The lowest BCUT2D eigenvalue weighted by atomic mass is 10.3. The number of nitrogens with zero attached hydrogens (tertiary/aromatic N) is 1. The third-order valence-corrected chi connectivity index (χ3v) is 2.68. The van der Waals surface area contributed by atoms with E-state index in [-0.39, 0.29) is 0 Å². The number of hydrogen-bond donors (Lipinski definition) is 1. The fraction of sp³-hybridized carbons (Fsp3) is 0.364. The van der Waals surface area contributed by atoms with Crippen molar-refractivity contribution in [1.82, 2.24) is 9.97 Å². The molecule has 0 amide bonds. The fourth-order valence-corrected chi connectivity index (χ4v) is 1.77. The number of rotatable bonds is 4. The van der Waals surface area contributed by atoms with Crippen LogP contribution in [-0.2, 0) is 0 Å². The van der Waals surface area contributed by atoms with Gasteiger partial charge >= 0.3 is 0 Å². The average molecular weight is 222 g/mol. The highest BCUT2D eigenvalue weighted by atomic mass is 32.2. The van der Waals surface area contributed by atoms with Gasteiger partial charge in [0, 0.05) is 6.07 Å². The summed E-state index contributed by atoms with van der Waals surface area (Å²) in [7, 11) is 0. The number of thioether (sulfide) groups is 1. The molecule has 2 rings (SSSR count). The van der Waals surface area contributed by atoms with E-state index < -0.39 is 0 Å². The molecule has 0 bridgehead atoms. The van der Waals surface area contributed by atoms with Gasteiger partial charge < -0.3 is 9.72 Å². The highest BCUT2D eigenvalue weighted by molar-refractivity contribution is 7.98. The van der Waals surface area contributed by atoms with Crippen molar-refractivity contribution in [2.24, 2.45) is 0 Å². The quantitative estimate of drug-likeness (QED) is 0.808. The second-order valence-electron chi connectivity index (χ2n) is 3.27. The van der Waals surface area contributed by atoms with Crippen LogP contribution < -0.4 is 4.74 Å². The maximum atomic E-state index is 5.55. The van der Waals surface area contributed by atoms with Crippen LogP contribution in [0, 0.1) is 0 Å². The standard InChI is InChI=1S/C11H14N2OS/c1-3-6-14-8-4-5-9-10(7-8)13-11(12-9)15-2/h4-5,7H,3,6H2,1-2H3,(H,12,13). The molecule has 1 aromatic carbocycles. The van der Waals surface area contributed by atoms with E-state index in [2.05, 4.69) is 16.9 Å². The Hall–Kier alpha value is -1.16. The first kappa shape index (κ1) is 10.4. The van der Waals surface area contributed by atoms with E-state index in [1.54, 1.807) is 11.8 Å². The summed E-state index contributed by atoms with van der Waals surface area (Å²) in [4.78, 5) is 7.64. The molecule has 0 aliphatic rings. The molecule has 0 atom stereocenters. The molecule has 0 unspecified atom stereocenters. The molecule has 2 aromatic rings. The first-order chi connectivity index (χ1) is 7.33. The van der Waals surface area contributed by atoms with Gasteiger partial charge in [0.1, 0.15) is 5.75 Å². The number of H-pyrrole nitrogens is 1. The van der Waals surface area contributed by atoms with Gasteiger partial charge in [-0.2, -0.15) is 0 Å². The average Bonchev–Trinajstić information content (AvgIpc) is 2.68. The van der Waals surface area contributed by atoms with Crippen LogP contribution in [0.4, 0.5) is 0 Å². The van der Waals surface area contributed by atoms with E-state index in [0.717, 1.165) is 35.0 Å². The molecule has 0 spiro atoms. The maximum absolute atomic E-state index is 5.55. The number of imidazole rings is 1. The zero-order chi connectivity index (χ0) is 10.7. The van der Waals surface area contributed by atoms with Crippen LogP contribution in [0.3, 0.4) is 0 Å². The van der Waals surface area contributed by atoms with Crippen molar-refractivity contribution in [3.05, 3.63) is 18.2 Å². The number of aromatic nitrogens is 2. The Morgan fingerprint density at radius 3 is 3.07 bits per heavy atom. The third-order valence-electron chi connectivity index (χ3n) is 2.10. The number of aromatic amines is 1. The van der Waals surface area contributed by atoms with E-state index in [1.165, 1.54) is 0 Å². The summed E-state index contributed by atoms with van der Waals surface area (Å²) in [5.41, 5.74) is 2.02. The van der Waals surface area contributed by atoms with E-state index in [4.69, 9.17) is 4.74 Å². The van der Waals surface area contributed by atoms with Gasteiger partial charge in [0.25, 0.3) is 0 Å². The lowest BCUT2D eigenvalue weighted by Crippen LogP contribution is -1.94. The summed E-state index contributed by atoms with van der Waals surface area (Å²) in [6.45, 7) is 2.86. The molecule has 4 heteroatoms. The maximum Gasteiger partial charge on any atom is 0.166 e. The van der Waals surface area contributed by atoms with Crippen molar-refractivity contribution in [3.63, 3.8) is 0 Å². The normalized spacial score (nSPS) is 10.8. The number of fused-ring (bicyclic) bond motifs is 1. The Labute approximate surface area is 93.2 Å². The highest BCUT2D eigenvalue weighted by Gasteiger charge is 2.02. The molecule has 0 radical (unpaired) electrons. The Kier molecular flexibility index (Phi) is 3.16. The summed E-state index contributed by atoms with van der Waals surface area (Å²) in [6, 6.07) is 5.94. The van der Waals surface area contributed by atoms with Crippen molar-refractivity contribution in [2.45, 2.75) is 18.5 Å². The van der Waals surface area contributed by atoms with E-state index in [9.17, 15) is 0 Å². The smallest absolute Gasteiger partial charge is 0.166 e. The van der Waals surface area contributed by atoms with Gasteiger partial charge in [-0.05, 0) is 24.8 Å². The predicted molar refractivity (Wildman–Crippen MR) is 63.7 cm³/mol. The number of hydrogen-bond acceptors (Lipinski definition) is 3. The Morgan fingerprint density at radius 1 is 1.47 bits per heavy atom. The SMILES string of the molecule is CCCOc1ccc2nc(SC)[nH]c2c1. The molecule has 0 saturated carbocycles. The molecule has 0 aliphatic heterocycles. The van der Waals surface area contributed by atoms with Crippen molar-refractivity contribution < 1.29 is 4.74 Å². The zero-order valence-electron chi connectivity index (χ0n) is 8.91. The Bertz CT molecular complexity index is 453. The molecule has 1 heterocycles. The second-order valence-corrected chi connectivity index (χ2v) is 4.07. The molecular weight excluding hydrogens is 208 g/mol. The zero-order valence-corrected chi connectivity index (χ0v) is 9.73. The van der Waals surface area contributed by atoms with Crippen molar-refractivity contribution >= 4 is 22.8 Å².